The van der Waals surface area contributed by atoms with Gasteiger partial charge < -0.3 is 18.9 Å². The fourth-order valence-corrected chi connectivity index (χ4v) is 7.71. The van der Waals surface area contributed by atoms with E-state index < -0.39 is 0 Å². The normalized spacial score (nSPS) is 12.5. The highest BCUT2D eigenvalue weighted by atomic mass is 16.5. The molecular weight excluding hydrogens is 641 g/mol. The molecule has 0 unspecified atom stereocenters. The first kappa shape index (κ1) is 35.4. The van der Waals surface area contributed by atoms with Crippen LogP contribution in [0.5, 0.6) is 23.0 Å². The second-order valence-corrected chi connectivity index (χ2v) is 14.0. The summed E-state index contributed by atoms with van der Waals surface area (Å²) in [7, 11) is 0. The fraction of sp³-hybridized carbons (Fsp3) is 0.333. The van der Waals surface area contributed by atoms with Gasteiger partial charge in [-0.05, 0) is 92.2 Å². The van der Waals surface area contributed by atoms with E-state index in [9.17, 15) is 0 Å². The highest BCUT2D eigenvalue weighted by Gasteiger charge is 2.24. The molecule has 6 aromatic carbocycles. The molecule has 0 saturated carbocycles. The lowest BCUT2D eigenvalue weighted by Crippen LogP contribution is -2.10. The molecule has 4 nitrogen and oxygen atoms in total. The van der Waals surface area contributed by atoms with Crippen LogP contribution in [0.15, 0.2) is 97.1 Å². The van der Waals surface area contributed by atoms with Gasteiger partial charge >= 0.3 is 0 Å². The minimum Gasteiger partial charge on any atom is -0.493 e. The first-order valence-corrected chi connectivity index (χ1v) is 19.4. The van der Waals surface area contributed by atoms with E-state index in [4.69, 9.17) is 18.9 Å². The van der Waals surface area contributed by atoms with Gasteiger partial charge in [0.2, 0.25) is 0 Å². The van der Waals surface area contributed by atoms with Crippen LogP contribution >= 0.6 is 0 Å². The lowest BCUT2D eigenvalue weighted by molar-refractivity contribution is 0.305. The van der Waals surface area contributed by atoms with Gasteiger partial charge in [-0.1, -0.05) is 119 Å². The SMILES string of the molecule is CCCOc1c2cccc1Cc1cccc(c1OCCC)Cc1c(OCCC)c(cc3ccc4ccccc4c13)Cc1cccc(c1OCCC)C2. The van der Waals surface area contributed by atoms with Crippen LogP contribution in [0.25, 0.3) is 21.5 Å². The Hall–Kier alpha value is -4.96. The zero-order valence-electron chi connectivity index (χ0n) is 31.4. The lowest BCUT2D eigenvalue weighted by Gasteiger charge is -2.24. The van der Waals surface area contributed by atoms with Crippen molar-refractivity contribution in [2.75, 3.05) is 26.4 Å². The molecule has 0 atom stereocenters. The second-order valence-electron chi connectivity index (χ2n) is 14.0. The maximum Gasteiger partial charge on any atom is 0.127 e. The third kappa shape index (κ3) is 7.35. The number of benzene rings is 6. The molecule has 1 aliphatic carbocycles. The van der Waals surface area contributed by atoms with Crippen LogP contribution in [0.4, 0.5) is 0 Å². The molecule has 0 aliphatic heterocycles. The summed E-state index contributed by atoms with van der Waals surface area (Å²) in [6.45, 7) is 11.3. The molecule has 6 aromatic rings. The van der Waals surface area contributed by atoms with Crippen LogP contribution in [-0.4, -0.2) is 26.4 Å². The number of rotatable bonds is 12. The van der Waals surface area contributed by atoms with Gasteiger partial charge in [0.15, 0.2) is 0 Å². The van der Waals surface area contributed by atoms with Gasteiger partial charge in [0.25, 0.3) is 0 Å². The Labute approximate surface area is 309 Å². The first-order chi connectivity index (χ1) is 25.6. The summed E-state index contributed by atoms with van der Waals surface area (Å²) in [5.74, 6) is 3.92. The molecule has 0 N–H and O–H groups in total. The van der Waals surface area contributed by atoms with Gasteiger partial charge in [-0.3, -0.25) is 0 Å². The lowest BCUT2D eigenvalue weighted by atomic mass is 9.87. The van der Waals surface area contributed by atoms with E-state index in [0.717, 1.165) is 48.7 Å². The van der Waals surface area contributed by atoms with Crippen molar-refractivity contribution in [3.05, 3.63) is 142 Å². The van der Waals surface area contributed by atoms with E-state index in [-0.39, 0.29) is 0 Å². The Bertz CT molecular complexity index is 2160. The van der Waals surface area contributed by atoms with E-state index in [1.165, 1.54) is 66.1 Å². The molecule has 268 valence electrons. The zero-order chi connectivity index (χ0) is 35.9. The van der Waals surface area contributed by atoms with Crippen LogP contribution in [0.2, 0.25) is 0 Å². The molecule has 52 heavy (non-hydrogen) atoms. The van der Waals surface area contributed by atoms with Crippen LogP contribution in [0.3, 0.4) is 0 Å². The monoisotopic (exact) mass is 692 g/mol. The molecule has 7 rings (SSSR count). The van der Waals surface area contributed by atoms with E-state index >= 15 is 0 Å². The Balaban J connectivity index is 1.55. The quantitative estimate of drug-likeness (QED) is 0.119. The maximum absolute atomic E-state index is 6.89. The molecule has 0 spiro atoms. The number of fused-ring (bicyclic) bond motifs is 12. The zero-order valence-corrected chi connectivity index (χ0v) is 31.4. The van der Waals surface area contributed by atoms with Crippen molar-refractivity contribution in [3.8, 4) is 23.0 Å². The summed E-state index contributed by atoms with van der Waals surface area (Å²) in [5, 5.41) is 4.94. The van der Waals surface area contributed by atoms with Gasteiger partial charge in [0.05, 0.1) is 26.4 Å². The molecule has 0 saturated heterocycles. The Morgan fingerprint density at radius 1 is 0.385 bits per heavy atom. The summed E-state index contributed by atoms with van der Waals surface area (Å²) in [4.78, 5) is 0. The van der Waals surface area contributed by atoms with Crippen LogP contribution in [0, 0.1) is 0 Å². The van der Waals surface area contributed by atoms with Crippen molar-refractivity contribution < 1.29 is 18.9 Å². The van der Waals surface area contributed by atoms with E-state index in [1.54, 1.807) is 0 Å². The van der Waals surface area contributed by atoms with E-state index in [1.807, 2.05) is 0 Å². The summed E-state index contributed by atoms with van der Waals surface area (Å²) in [6, 6.07) is 35.6. The molecule has 0 amide bonds. The minimum atomic E-state index is 0.643. The third-order valence-electron chi connectivity index (χ3n) is 10.0. The average Bonchev–Trinajstić information content (AvgIpc) is 3.16. The van der Waals surface area contributed by atoms with E-state index in [0.29, 0.717) is 52.1 Å². The number of para-hydroxylation sites is 3. The largest absolute Gasteiger partial charge is 0.493 e. The Morgan fingerprint density at radius 3 is 1.27 bits per heavy atom. The summed E-state index contributed by atoms with van der Waals surface area (Å²) in [6.07, 6.45) is 6.54. The molecule has 0 fully saturated rings. The van der Waals surface area contributed by atoms with Crippen molar-refractivity contribution in [2.24, 2.45) is 0 Å². The third-order valence-corrected chi connectivity index (χ3v) is 10.0. The summed E-state index contributed by atoms with van der Waals surface area (Å²) >= 11 is 0. The topological polar surface area (TPSA) is 36.9 Å². The van der Waals surface area contributed by atoms with Crippen molar-refractivity contribution in [2.45, 2.75) is 79.1 Å². The Morgan fingerprint density at radius 2 is 0.788 bits per heavy atom. The molecule has 0 radical (unpaired) electrons. The predicted octanol–water partition coefficient (Wildman–Crippen LogP) is 11.8. The van der Waals surface area contributed by atoms with Gasteiger partial charge in [-0.2, -0.15) is 0 Å². The minimum absolute atomic E-state index is 0.643. The highest BCUT2D eigenvalue weighted by Crippen LogP contribution is 2.43. The molecule has 0 aromatic heterocycles. The van der Waals surface area contributed by atoms with Crippen LogP contribution in [-0.2, 0) is 25.7 Å². The van der Waals surface area contributed by atoms with Crippen LogP contribution < -0.4 is 18.9 Å². The fourth-order valence-electron chi connectivity index (χ4n) is 7.71. The van der Waals surface area contributed by atoms with Crippen molar-refractivity contribution in [1.29, 1.82) is 0 Å². The smallest absolute Gasteiger partial charge is 0.127 e. The molecular formula is C48H52O4. The molecule has 1 aliphatic rings. The molecule has 4 heteroatoms. The van der Waals surface area contributed by atoms with Crippen molar-refractivity contribution in [1.82, 2.24) is 0 Å². The molecule has 8 bridgehead atoms. The average molecular weight is 693 g/mol. The first-order valence-electron chi connectivity index (χ1n) is 19.4. The van der Waals surface area contributed by atoms with Crippen molar-refractivity contribution >= 4 is 21.5 Å². The number of ether oxygens (including phenoxy) is 4. The van der Waals surface area contributed by atoms with Gasteiger partial charge in [-0.15, -0.1) is 0 Å². The van der Waals surface area contributed by atoms with Gasteiger partial charge in [0.1, 0.15) is 23.0 Å². The predicted molar refractivity (Wildman–Crippen MR) is 215 cm³/mol. The summed E-state index contributed by atoms with van der Waals surface area (Å²) in [5.41, 5.74) is 9.44. The van der Waals surface area contributed by atoms with Gasteiger partial charge in [0, 0.05) is 31.2 Å². The standard InChI is InChI=1S/C48H52O4/c1-5-24-49-45-35-15-11-16-36(45)30-38-18-13-20-40(47(38)51-26-7-3)32-43-44-34(23-22-33-14-9-10-21-42(33)44)28-41(48(43)52-27-8-4)31-39-19-12-17-37(29-35)46(39)50-25-6-2/h9-23,28H,5-8,24-27,29-32H2,1-4H3. The maximum atomic E-state index is 6.89. The van der Waals surface area contributed by atoms with Gasteiger partial charge in [-0.25, -0.2) is 0 Å². The number of hydrogen-bond acceptors (Lipinski definition) is 4. The molecule has 0 heterocycles. The summed E-state index contributed by atoms with van der Waals surface area (Å²) < 4.78 is 26.9. The number of hydrogen-bond donors (Lipinski definition) is 0. The van der Waals surface area contributed by atoms with Crippen molar-refractivity contribution in [3.63, 3.8) is 0 Å². The highest BCUT2D eigenvalue weighted by molar-refractivity contribution is 6.10. The van der Waals surface area contributed by atoms with Crippen LogP contribution in [0.1, 0.15) is 97.9 Å². The Kier molecular flexibility index (Phi) is 11.3. The van der Waals surface area contributed by atoms with E-state index in [2.05, 4.69) is 125 Å². The second kappa shape index (κ2) is 16.6.